The van der Waals surface area contributed by atoms with Crippen molar-refractivity contribution in [3.05, 3.63) is 38.4 Å². The number of non-ortho nitro benzene ring substituents is 1. The minimum Gasteiger partial charge on any atom is -0.392 e. The number of benzene rings is 1. The van der Waals surface area contributed by atoms with Gasteiger partial charge in [-0.2, -0.15) is 0 Å². The summed E-state index contributed by atoms with van der Waals surface area (Å²) in [6, 6.07) is 3.71. The van der Waals surface area contributed by atoms with E-state index >= 15 is 0 Å². The lowest BCUT2D eigenvalue weighted by Gasteiger charge is -2.36. The fraction of sp³-hybridized carbons (Fsp3) is 0.538. The molecule has 9 heteroatoms. The Balaban J connectivity index is 2.16. The molecule has 1 heterocycles. The molecule has 1 atom stereocenters. The Hall–Kier alpha value is -2.26. The van der Waals surface area contributed by atoms with Crippen LogP contribution >= 0.6 is 0 Å². The van der Waals surface area contributed by atoms with E-state index in [0.29, 0.717) is 38.4 Å². The van der Waals surface area contributed by atoms with Crippen LogP contribution in [0.2, 0.25) is 0 Å². The summed E-state index contributed by atoms with van der Waals surface area (Å²) >= 11 is 0. The Kier molecular flexibility index (Phi) is 4.88. The molecule has 1 saturated heterocycles. The first-order valence-electron chi connectivity index (χ1n) is 6.96. The van der Waals surface area contributed by atoms with Gasteiger partial charge < -0.3 is 10.0 Å². The van der Waals surface area contributed by atoms with Crippen LogP contribution in [-0.4, -0.2) is 58.7 Å². The molecule has 2 rings (SSSR count). The number of hydrogen-bond acceptors (Lipinski definition) is 7. The van der Waals surface area contributed by atoms with Crippen molar-refractivity contribution in [3.8, 4) is 0 Å². The molecule has 1 aliphatic rings. The molecule has 1 aliphatic heterocycles. The summed E-state index contributed by atoms with van der Waals surface area (Å²) in [5.74, 6) is 0. The lowest BCUT2D eigenvalue weighted by molar-refractivity contribution is -0.393. The summed E-state index contributed by atoms with van der Waals surface area (Å²) in [7, 11) is 0. The van der Waals surface area contributed by atoms with Crippen LogP contribution in [0.3, 0.4) is 0 Å². The van der Waals surface area contributed by atoms with Crippen molar-refractivity contribution in [1.29, 1.82) is 0 Å². The molecule has 9 nitrogen and oxygen atoms in total. The molecule has 0 saturated carbocycles. The zero-order valence-corrected chi connectivity index (χ0v) is 12.2. The maximum Gasteiger partial charge on any atom is 0.299 e. The average molecular weight is 310 g/mol. The second kappa shape index (κ2) is 6.67. The number of aliphatic hydroxyl groups is 1. The van der Waals surface area contributed by atoms with Crippen LogP contribution in [0.25, 0.3) is 0 Å². The summed E-state index contributed by atoms with van der Waals surface area (Å²) in [5.41, 5.74) is -0.145. The van der Waals surface area contributed by atoms with Crippen LogP contribution < -0.4 is 4.90 Å². The highest BCUT2D eigenvalue weighted by molar-refractivity contribution is 5.67. The van der Waals surface area contributed by atoms with Crippen molar-refractivity contribution in [2.24, 2.45) is 0 Å². The molecule has 1 aromatic rings. The van der Waals surface area contributed by atoms with E-state index in [4.69, 9.17) is 0 Å². The molecule has 0 bridgehead atoms. The van der Waals surface area contributed by atoms with Crippen molar-refractivity contribution >= 4 is 17.1 Å². The average Bonchev–Trinajstić information content (AvgIpc) is 2.46. The third-order valence-electron chi connectivity index (χ3n) is 3.60. The lowest BCUT2D eigenvalue weighted by atomic mass is 10.2. The largest absolute Gasteiger partial charge is 0.392 e. The third-order valence-corrected chi connectivity index (χ3v) is 3.60. The second-order valence-electron chi connectivity index (χ2n) is 5.32. The highest BCUT2D eigenvalue weighted by Crippen LogP contribution is 2.32. The molecule has 0 radical (unpaired) electrons. The maximum atomic E-state index is 11.2. The zero-order valence-electron chi connectivity index (χ0n) is 12.2. The van der Waals surface area contributed by atoms with Crippen molar-refractivity contribution in [3.63, 3.8) is 0 Å². The molecule has 22 heavy (non-hydrogen) atoms. The van der Waals surface area contributed by atoms with E-state index in [1.54, 1.807) is 6.92 Å². The van der Waals surface area contributed by atoms with Gasteiger partial charge in [0.15, 0.2) is 0 Å². The summed E-state index contributed by atoms with van der Waals surface area (Å²) in [6.07, 6.45) is -0.416. The van der Waals surface area contributed by atoms with Crippen LogP contribution in [0.15, 0.2) is 18.2 Å². The van der Waals surface area contributed by atoms with Gasteiger partial charge in [-0.1, -0.05) is 0 Å². The second-order valence-corrected chi connectivity index (χ2v) is 5.32. The van der Waals surface area contributed by atoms with Crippen LogP contribution in [0.4, 0.5) is 17.1 Å². The van der Waals surface area contributed by atoms with E-state index in [-0.39, 0.29) is 11.4 Å². The van der Waals surface area contributed by atoms with E-state index in [2.05, 4.69) is 4.90 Å². The minimum atomic E-state index is -0.642. The molecule has 1 aromatic carbocycles. The number of piperazine rings is 1. The topological polar surface area (TPSA) is 113 Å². The molecule has 0 amide bonds. The number of nitrogens with zero attached hydrogens (tertiary/aromatic N) is 4. The van der Waals surface area contributed by atoms with Gasteiger partial charge in [0.2, 0.25) is 0 Å². The minimum absolute atomic E-state index is 0.252. The van der Waals surface area contributed by atoms with Crippen LogP contribution in [0.5, 0.6) is 0 Å². The van der Waals surface area contributed by atoms with Gasteiger partial charge in [-0.05, 0) is 13.0 Å². The van der Waals surface area contributed by atoms with E-state index in [1.807, 2.05) is 4.90 Å². The molecule has 1 N–H and O–H groups in total. The summed E-state index contributed by atoms with van der Waals surface area (Å²) < 4.78 is 0. The normalized spacial score (nSPS) is 17.3. The maximum absolute atomic E-state index is 11.2. The van der Waals surface area contributed by atoms with Gasteiger partial charge in [0.25, 0.3) is 11.4 Å². The standard InChI is InChI=1S/C13H18N4O5/c1-10(18)9-14-4-6-15(7-5-14)12-3-2-11(16(19)20)8-13(12)17(21)22/h2-3,8,10,18H,4-7,9H2,1H3/t10-/m1/s1. The Labute approximate surface area is 127 Å². The van der Waals surface area contributed by atoms with Crippen molar-refractivity contribution in [1.82, 2.24) is 4.90 Å². The molecule has 0 unspecified atom stereocenters. The van der Waals surface area contributed by atoms with Gasteiger partial charge in [-0.15, -0.1) is 0 Å². The van der Waals surface area contributed by atoms with Gasteiger partial charge >= 0.3 is 0 Å². The summed E-state index contributed by atoms with van der Waals surface area (Å²) in [6.45, 7) is 4.79. The van der Waals surface area contributed by atoms with E-state index < -0.39 is 16.0 Å². The Morgan fingerprint density at radius 2 is 1.82 bits per heavy atom. The van der Waals surface area contributed by atoms with Gasteiger partial charge in [0.1, 0.15) is 5.69 Å². The van der Waals surface area contributed by atoms with Gasteiger partial charge in [-0.25, -0.2) is 0 Å². The predicted molar refractivity (Wildman–Crippen MR) is 80.1 cm³/mol. The number of nitro benzene ring substituents is 2. The number of rotatable bonds is 5. The highest BCUT2D eigenvalue weighted by atomic mass is 16.6. The molecule has 0 spiro atoms. The fourth-order valence-electron chi connectivity index (χ4n) is 2.58. The number of anilines is 1. The number of nitro groups is 2. The summed E-state index contributed by atoms with van der Waals surface area (Å²) in [4.78, 5) is 24.6. The number of aliphatic hydroxyl groups excluding tert-OH is 1. The number of β-amino-alcohol motifs (C(OH)–C–C–N with tert-alkyl or cyclic N) is 1. The number of hydrogen-bond donors (Lipinski definition) is 1. The van der Waals surface area contributed by atoms with Gasteiger partial charge in [-0.3, -0.25) is 25.1 Å². The molecule has 0 aliphatic carbocycles. The molecule has 1 fully saturated rings. The Bertz CT molecular complexity index is 570. The first-order valence-corrected chi connectivity index (χ1v) is 6.96. The van der Waals surface area contributed by atoms with E-state index in [1.165, 1.54) is 12.1 Å². The molecule has 0 aromatic heterocycles. The van der Waals surface area contributed by atoms with Crippen LogP contribution in [-0.2, 0) is 0 Å². The SMILES string of the molecule is C[C@@H](O)CN1CCN(c2ccc([N+](=O)[O-])cc2[N+](=O)[O-])CC1. The van der Waals surface area contributed by atoms with Crippen molar-refractivity contribution < 1.29 is 15.0 Å². The van der Waals surface area contributed by atoms with E-state index in [9.17, 15) is 25.3 Å². The molecular weight excluding hydrogens is 292 g/mol. The summed E-state index contributed by atoms with van der Waals surface area (Å²) in [5, 5.41) is 31.3. The predicted octanol–water partition coefficient (Wildman–Crippen LogP) is 1.01. The first-order chi connectivity index (χ1) is 10.4. The Morgan fingerprint density at radius 1 is 1.18 bits per heavy atom. The van der Waals surface area contributed by atoms with Crippen LogP contribution in [0.1, 0.15) is 6.92 Å². The fourth-order valence-corrected chi connectivity index (χ4v) is 2.58. The van der Waals surface area contributed by atoms with Crippen LogP contribution in [0, 0.1) is 20.2 Å². The van der Waals surface area contributed by atoms with Gasteiger partial charge in [0, 0.05) is 38.8 Å². The lowest BCUT2D eigenvalue weighted by Crippen LogP contribution is -2.48. The molecule has 120 valence electrons. The third kappa shape index (κ3) is 3.68. The highest BCUT2D eigenvalue weighted by Gasteiger charge is 2.26. The smallest absolute Gasteiger partial charge is 0.299 e. The first kappa shape index (κ1) is 16.1. The monoisotopic (exact) mass is 310 g/mol. The van der Waals surface area contributed by atoms with Crippen molar-refractivity contribution in [2.75, 3.05) is 37.6 Å². The quantitative estimate of drug-likeness (QED) is 0.637. The Morgan fingerprint density at radius 3 is 2.32 bits per heavy atom. The van der Waals surface area contributed by atoms with E-state index in [0.717, 1.165) is 6.07 Å². The van der Waals surface area contributed by atoms with Crippen molar-refractivity contribution in [2.45, 2.75) is 13.0 Å². The van der Waals surface area contributed by atoms with Gasteiger partial charge in [0.05, 0.1) is 22.0 Å². The molecular formula is C13H18N4O5. The zero-order chi connectivity index (χ0) is 16.3.